The van der Waals surface area contributed by atoms with Crippen LogP contribution in [0.1, 0.15) is 30.3 Å². The summed E-state index contributed by atoms with van der Waals surface area (Å²) in [5.41, 5.74) is 1.41. The number of carbonyl (C=O) groups is 1. The highest BCUT2D eigenvalue weighted by Gasteiger charge is 2.29. The van der Waals surface area contributed by atoms with Gasteiger partial charge in [-0.1, -0.05) is 18.2 Å². The molecule has 1 fully saturated rings. The molecule has 1 saturated carbocycles. The molecule has 1 aliphatic rings. The van der Waals surface area contributed by atoms with Crippen LogP contribution < -0.4 is 5.32 Å². The maximum Gasteiger partial charge on any atom is 0.269 e. The fourth-order valence-corrected chi connectivity index (χ4v) is 2.95. The van der Waals surface area contributed by atoms with Gasteiger partial charge in [-0.05, 0) is 51.2 Å². The molecule has 5 nitrogen and oxygen atoms in total. The number of hydrogen-bond donors (Lipinski definition) is 2. The fourth-order valence-electron chi connectivity index (χ4n) is 2.69. The van der Waals surface area contributed by atoms with E-state index in [0.717, 1.165) is 5.69 Å². The van der Waals surface area contributed by atoms with Crippen LogP contribution in [0.2, 0.25) is 0 Å². The van der Waals surface area contributed by atoms with Gasteiger partial charge in [-0.2, -0.15) is 0 Å². The Bertz CT molecular complexity index is 733. The summed E-state index contributed by atoms with van der Waals surface area (Å²) in [5.74, 6) is -0.114. The summed E-state index contributed by atoms with van der Waals surface area (Å²) in [5, 5.41) is 3.02. The van der Waals surface area contributed by atoms with Crippen molar-refractivity contribution in [2.75, 3.05) is 13.6 Å². The average molecular weight is 330 g/mol. The molecule has 1 heterocycles. The van der Waals surface area contributed by atoms with E-state index in [1.807, 2.05) is 30.3 Å². The van der Waals surface area contributed by atoms with Crippen LogP contribution in [0.25, 0.3) is 5.69 Å². The minimum absolute atomic E-state index is 0.114. The van der Waals surface area contributed by atoms with Gasteiger partial charge in [-0.25, -0.2) is 0 Å². The third-order valence-electron chi connectivity index (χ3n) is 4.40. The molecular formula is C17H22N4OS. The van der Waals surface area contributed by atoms with Crippen molar-refractivity contribution < 1.29 is 4.79 Å². The molecule has 1 amide bonds. The molecule has 2 N–H and O–H groups in total. The molecule has 0 unspecified atom stereocenters. The normalized spacial score (nSPS) is 15.6. The van der Waals surface area contributed by atoms with Crippen molar-refractivity contribution in [1.82, 2.24) is 19.8 Å². The van der Waals surface area contributed by atoms with Crippen LogP contribution in [0, 0.1) is 4.77 Å². The maximum absolute atomic E-state index is 12.5. The third kappa shape index (κ3) is 3.54. The van der Waals surface area contributed by atoms with Gasteiger partial charge in [-0.15, -0.1) is 0 Å². The van der Waals surface area contributed by atoms with Crippen LogP contribution in [-0.2, 0) is 0 Å². The van der Waals surface area contributed by atoms with Gasteiger partial charge in [-0.3, -0.25) is 14.3 Å². The second-order valence-corrected chi connectivity index (χ2v) is 6.49. The SMILES string of the molecule is C[C@@H](CNC(=O)c1c[nH]c(=S)n1-c1ccccc1)N(C)C1CC1. The van der Waals surface area contributed by atoms with E-state index in [-0.39, 0.29) is 5.91 Å². The molecule has 0 aliphatic heterocycles. The van der Waals surface area contributed by atoms with E-state index >= 15 is 0 Å². The van der Waals surface area contributed by atoms with Crippen molar-refractivity contribution >= 4 is 18.1 Å². The van der Waals surface area contributed by atoms with Gasteiger partial charge in [0.15, 0.2) is 4.77 Å². The maximum atomic E-state index is 12.5. The number of aromatic amines is 1. The first-order valence-corrected chi connectivity index (χ1v) is 8.34. The lowest BCUT2D eigenvalue weighted by atomic mass is 10.2. The van der Waals surface area contributed by atoms with Gasteiger partial charge in [0.05, 0.1) is 0 Å². The second-order valence-electron chi connectivity index (χ2n) is 6.11. The van der Waals surface area contributed by atoms with Gasteiger partial charge >= 0.3 is 0 Å². The standard InChI is InChI=1S/C17H22N4OS/c1-12(20(2)13-8-9-13)10-18-16(22)15-11-19-17(23)21(15)14-6-4-3-5-7-14/h3-7,11-13H,8-10H2,1-2H3,(H,18,22)(H,19,23)/t12-/m0/s1. The molecule has 0 saturated heterocycles. The predicted molar refractivity (Wildman–Crippen MR) is 93.5 cm³/mol. The Labute approximate surface area is 141 Å². The summed E-state index contributed by atoms with van der Waals surface area (Å²) in [6, 6.07) is 10.7. The highest BCUT2D eigenvalue weighted by atomic mass is 32.1. The van der Waals surface area contributed by atoms with Gasteiger partial charge in [0.1, 0.15) is 5.69 Å². The summed E-state index contributed by atoms with van der Waals surface area (Å²) in [4.78, 5) is 17.8. The molecule has 6 heteroatoms. The summed E-state index contributed by atoms with van der Waals surface area (Å²) < 4.78 is 2.28. The summed E-state index contributed by atoms with van der Waals surface area (Å²) >= 11 is 5.31. The number of rotatable bonds is 6. The minimum Gasteiger partial charge on any atom is -0.349 e. The molecule has 1 aliphatic carbocycles. The van der Waals surface area contributed by atoms with Crippen LogP contribution >= 0.6 is 12.2 Å². The smallest absolute Gasteiger partial charge is 0.269 e. The number of amides is 1. The van der Waals surface area contributed by atoms with Crippen molar-refractivity contribution in [3.63, 3.8) is 0 Å². The van der Waals surface area contributed by atoms with Crippen LogP contribution in [0.15, 0.2) is 36.5 Å². The molecule has 122 valence electrons. The van der Waals surface area contributed by atoms with E-state index in [9.17, 15) is 4.79 Å². The topological polar surface area (TPSA) is 53.1 Å². The summed E-state index contributed by atoms with van der Waals surface area (Å²) in [6.45, 7) is 2.76. The number of hydrogen-bond acceptors (Lipinski definition) is 3. The van der Waals surface area contributed by atoms with Crippen molar-refractivity contribution in [2.24, 2.45) is 0 Å². The Morgan fingerprint density at radius 1 is 1.43 bits per heavy atom. The highest BCUT2D eigenvalue weighted by Crippen LogP contribution is 2.26. The van der Waals surface area contributed by atoms with Crippen molar-refractivity contribution in [3.8, 4) is 5.69 Å². The van der Waals surface area contributed by atoms with Crippen molar-refractivity contribution in [3.05, 3.63) is 47.0 Å². The first-order valence-electron chi connectivity index (χ1n) is 7.94. The van der Waals surface area contributed by atoms with Crippen LogP contribution in [0.3, 0.4) is 0 Å². The van der Waals surface area contributed by atoms with Crippen molar-refractivity contribution in [1.29, 1.82) is 0 Å². The molecule has 0 radical (unpaired) electrons. The number of nitrogens with zero attached hydrogens (tertiary/aromatic N) is 2. The predicted octanol–water partition coefficient (Wildman–Crippen LogP) is 2.75. The monoisotopic (exact) mass is 330 g/mol. The third-order valence-corrected chi connectivity index (χ3v) is 4.70. The zero-order valence-corrected chi connectivity index (χ0v) is 14.3. The number of nitrogens with one attached hydrogen (secondary N) is 2. The number of carbonyl (C=O) groups excluding carboxylic acids is 1. The minimum atomic E-state index is -0.114. The molecule has 3 rings (SSSR count). The van der Waals surface area contributed by atoms with Gasteiger partial charge in [0.25, 0.3) is 5.91 Å². The fraction of sp³-hybridized carbons (Fsp3) is 0.412. The molecule has 0 bridgehead atoms. The molecule has 23 heavy (non-hydrogen) atoms. The number of para-hydroxylation sites is 1. The van der Waals surface area contributed by atoms with Crippen molar-refractivity contribution in [2.45, 2.75) is 31.8 Å². The summed E-state index contributed by atoms with van der Waals surface area (Å²) in [7, 11) is 2.12. The van der Waals surface area contributed by atoms with E-state index < -0.39 is 0 Å². The first-order chi connectivity index (χ1) is 11.1. The van der Waals surface area contributed by atoms with E-state index in [4.69, 9.17) is 12.2 Å². The van der Waals surface area contributed by atoms with E-state index in [2.05, 4.69) is 29.2 Å². The number of likely N-dealkylation sites (N-methyl/N-ethyl adjacent to an activating group) is 1. The zero-order chi connectivity index (χ0) is 16.4. The number of benzene rings is 1. The van der Waals surface area contributed by atoms with Crippen LogP contribution in [-0.4, -0.2) is 46.0 Å². The van der Waals surface area contributed by atoms with Gasteiger partial charge in [0.2, 0.25) is 0 Å². The molecule has 0 spiro atoms. The van der Waals surface area contributed by atoms with Crippen LogP contribution in [0.5, 0.6) is 0 Å². The van der Waals surface area contributed by atoms with E-state index in [0.29, 0.717) is 29.1 Å². The van der Waals surface area contributed by atoms with Gasteiger partial charge in [0, 0.05) is 30.5 Å². The Kier molecular flexibility index (Phi) is 4.63. The Hall–Kier alpha value is -1.92. The molecule has 1 atom stereocenters. The lowest BCUT2D eigenvalue weighted by Gasteiger charge is -2.24. The highest BCUT2D eigenvalue weighted by molar-refractivity contribution is 7.71. The largest absolute Gasteiger partial charge is 0.349 e. The zero-order valence-electron chi connectivity index (χ0n) is 13.5. The molecular weight excluding hydrogens is 308 g/mol. The molecule has 1 aromatic carbocycles. The van der Waals surface area contributed by atoms with Crippen LogP contribution in [0.4, 0.5) is 0 Å². The first kappa shape index (κ1) is 16.0. The van der Waals surface area contributed by atoms with E-state index in [1.54, 1.807) is 10.8 Å². The Morgan fingerprint density at radius 2 is 2.13 bits per heavy atom. The molecule has 1 aromatic heterocycles. The Morgan fingerprint density at radius 3 is 2.78 bits per heavy atom. The molecule has 2 aromatic rings. The van der Waals surface area contributed by atoms with E-state index in [1.165, 1.54) is 12.8 Å². The number of H-pyrrole nitrogens is 1. The lowest BCUT2D eigenvalue weighted by molar-refractivity contribution is 0.0932. The second kappa shape index (κ2) is 6.68. The van der Waals surface area contributed by atoms with Gasteiger partial charge < -0.3 is 10.3 Å². The summed E-state index contributed by atoms with van der Waals surface area (Å²) in [6.07, 6.45) is 4.19. The lowest BCUT2D eigenvalue weighted by Crippen LogP contribution is -2.41. The quantitative estimate of drug-likeness (QED) is 0.801. The number of imidazole rings is 1. The average Bonchev–Trinajstić information content (AvgIpc) is 3.34. The Balaban J connectivity index is 1.72. The number of aromatic nitrogens is 2.